The van der Waals surface area contributed by atoms with E-state index in [1.807, 2.05) is 0 Å². The standard InChI is InChI=1S/C14H13N3O4/c1-9-6-7-13(21-9)14(18)16-15-10(2)11-4-3-5-12(8-11)17(19)20/h3-8H,1-2H3,(H,16,18)/b15-10-. The molecule has 0 saturated heterocycles. The molecule has 0 radical (unpaired) electrons. The average molecular weight is 287 g/mol. The third kappa shape index (κ3) is 3.53. The maximum Gasteiger partial charge on any atom is 0.307 e. The molecule has 0 atom stereocenters. The Kier molecular flexibility index (Phi) is 4.13. The van der Waals surface area contributed by atoms with Crippen molar-refractivity contribution in [2.24, 2.45) is 5.10 Å². The number of hydrazone groups is 1. The molecule has 1 aromatic heterocycles. The number of nitrogens with one attached hydrogen (secondary N) is 1. The molecule has 0 unspecified atom stereocenters. The van der Waals surface area contributed by atoms with Crippen molar-refractivity contribution in [3.05, 3.63) is 63.6 Å². The first kappa shape index (κ1) is 14.4. The van der Waals surface area contributed by atoms with Crippen LogP contribution in [0.4, 0.5) is 5.69 Å². The van der Waals surface area contributed by atoms with Gasteiger partial charge in [0.05, 0.1) is 10.6 Å². The van der Waals surface area contributed by atoms with Crippen LogP contribution in [0.25, 0.3) is 0 Å². The van der Waals surface area contributed by atoms with Crippen molar-refractivity contribution >= 4 is 17.3 Å². The largest absolute Gasteiger partial charge is 0.456 e. The number of amides is 1. The maximum atomic E-state index is 11.7. The number of nitro benzene ring substituents is 1. The number of rotatable bonds is 4. The zero-order chi connectivity index (χ0) is 15.4. The summed E-state index contributed by atoms with van der Waals surface area (Å²) >= 11 is 0. The topological polar surface area (TPSA) is 97.7 Å². The van der Waals surface area contributed by atoms with E-state index in [0.717, 1.165) is 0 Å². The smallest absolute Gasteiger partial charge is 0.307 e. The Morgan fingerprint density at radius 2 is 2.10 bits per heavy atom. The van der Waals surface area contributed by atoms with Gasteiger partial charge in [0.2, 0.25) is 0 Å². The first-order valence-electron chi connectivity index (χ1n) is 6.13. The summed E-state index contributed by atoms with van der Waals surface area (Å²) in [6.45, 7) is 3.38. The van der Waals surface area contributed by atoms with E-state index < -0.39 is 10.8 Å². The number of furan rings is 1. The lowest BCUT2D eigenvalue weighted by atomic mass is 10.1. The average Bonchev–Trinajstić information content (AvgIpc) is 2.91. The highest BCUT2D eigenvalue weighted by Gasteiger charge is 2.10. The number of benzene rings is 1. The fourth-order valence-corrected chi connectivity index (χ4v) is 1.66. The van der Waals surface area contributed by atoms with Crippen LogP contribution in [-0.4, -0.2) is 16.5 Å². The normalized spacial score (nSPS) is 11.2. The quantitative estimate of drug-likeness (QED) is 0.531. The second-order valence-electron chi connectivity index (χ2n) is 4.36. The van der Waals surface area contributed by atoms with Crippen LogP contribution >= 0.6 is 0 Å². The highest BCUT2D eigenvalue weighted by Crippen LogP contribution is 2.13. The first-order valence-corrected chi connectivity index (χ1v) is 6.13. The lowest BCUT2D eigenvalue weighted by Crippen LogP contribution is -2.18. The number of hydrogen-bond donors (Lipinski definition) is 1. The summed E-state index contributed by atoms with van der Waals surface area (Å²) < 4.78 is 5.16. The van der Waals surface area contributed by atoms with Gasteiger partial charge in [0.15, 0.2) is 5.76 Å². The van der Waals surface area contributed by atoms with Crippen LogP contribution in [0.15, 0.2) is 45.9 Å². The molecule has 1 aromatic carbocycles. The fraction of sp³-hybridized carbons (Fsp3) is 0.143. The van der Waals surface area contributed by atoms with Crippen LogP contribution in [0.1, 0.15) is 28.8 Å². The molecule has 2 rings (SSSR count). The lowest BCUT2D eigenvalue weighted by molar-refractivity contribution is -0.384. The number of nitrogens with zero attached hydrogens (tertiary/aromatic N) is 2. The molecule has 0 aliphatic rings. The minimum atomic E-state index is -0.485. The summed E-state index contributed by atoms with van der Waals surface area (Å²) in [6, 6.07) is 9.23. The third-order valence-electron chi connectivity index (χ3n) is 2.76. The Hall–Kier alpha value is -2.96. The summed E-state index contributed by atoms with van der Waals surface area (Å²) in [6.07, 6.45) is 0. The fourth-order valence-electron chi connectivity index (χ4n) is 1.66. The van der Waals surface area contributed by atoms with Crippen LogP contribution in [0.3, 0.4) is 0 Å². The first-order chi connectivity index (χ1) is 9.97. The van der Waals surface area contributed by atoms with Gasteiger partial charge in [-0.1, -0.05) is 12.1 Å². The number of carbonyl (C=O) groups is 1. The van der Waals surface area contributed by atoms with Crippen LogP contribution in [0.2, 0.25) is 0 Å². The van der Waals surface area contributed by atoms with Gasteiger partial charge in [0.25, 0.3) is 5.69 Å². The molecule has 0 aliphatic heterocycles. The number of hydrogen-bond acceptors (Lipinski definition) is 5. The van der Waals surface area contributed by atoms with E-state index in [2.05, 4.69) is 10.5 Å². The molecule has 0 fully saturated rings. The molecule has 108 valence electrons. The Morgan fingerprint density at radius 3 is 2.71 bits per heavy atom. The molecule has 1 amide bonds. The van der Waals surface area contributed by atoms with E-state index in [0.29, 0.717) is 17.0 Å². The molecular weight excluding hydrogens is 274 g/mol. The molecule has 1 heterocycles. The van der Waals surface area contributed by atoms with Crippen molar-refractivity contribution in [3.63, 3.8) is 0 Å². The van der Waals surface area contributed by atoms with Gasteiger partial charge < -0.3 is 4.42 Å². The summed E-state index contributed by atoms with van der Waals surface area (Å²) in [4.78, 5) is 22.0. The van der Waals surface area contributed by atoms with Crippen LogP contribution in [0, 0.1) is 17.0 Å². The van der Waals surface area contributed by atoms with Gasteiger partial charge in [-0.3, -0.25) is 14.9 Å². The van der Waals surface area contributed by atoms with Gasteiger partial charge in [0.1, 0.15) is 5.76 Å². The highest BCUT2D eigenvalue weighted by atomic mass is 16.6. The molecule has 0 saturated carbocycles. The van der Waals surface area contributed by atoms with Crippen LogP contribution in [-0.2, 0) is 0 Å². The molecule has 7 heteroatoms. The van der Waals surface area contributed by atoms with Gasteiger partial charge in [0, 0.05) is 17.7 Å². The monoisotopic (exact) mass is 287 g/mol. The zero-order valence-corrected chi connectivity index (χ0v) is 11.5. The summed E-state index contributed by atoms with van der Waals surface area (Å²) in [7, 11) is 0. The van der Waals surface area contributed by atoms with E-state index in [-0.39, 0.29) is 11.4 Å². The van der Waals surface area contributed by atoms with Crippen LogP contribution < -0.4 is 5.43 Å². The molecule has 0 bridgehead atoms. The number of carbonyl (C=O) groups excluding carboxylic acids is 1. The number of non-ortho nitro benzene ring substituents is 1. The highest BCUT2D eigenvalue weighted by molar-refractivity contribution is 6.00. The Morgan fingerprint density at radius 1 is 1.33 bits per heavy atom. The molecule has 0 spiro atoms. The number of aryl methyl sites for hydroxylation is 1. The third-order valence-corrected chi connectivity index (χ3v) is 2.76. The number of nitro groups is 1. The van der Waals surface area contributed by atoms with Crippen molar-refractivity contribution in [2.75, 3.05) is 0 Å². The second kappa shape index (κ2) is 6.00. The molecule has 1 N–H and O–H groups in total. The zero-order valence-electron chi connectivity index (χ0n) is 11.5. The molecule has 0 aliphatic carbocycles. The predicted molar refractivity (Wildman–Crippen MR) is 76.2 cm³/mol. The van der Waals surface area contributed by atoms with Crippen molar-refractivity contribution in [1.82, 2.24) is 5.43 Å². The minimum Gasteiger partial charge on any atom is -0.456 e. The van der Waals surface area contributed by atoms with Crippen molar-refractivity contribution in [3.8, 4) is 0 Å². The van der Waals surface area contributed by atoms with Gasteiger partial charge in [-0.15, -0.1) is 0 Å². The molecule has 2 aromatic rings. The van der Waals surface area contributed by atoms with Gasteiger partial charge in [-0.05, 0) is 26.0 Å². The summed E-state index contributed by atoms with van der Waals surface area (Å²) in [5, 5.41) is 14.6. The molecule has 21 heavy (non-hydrogen) atoms. The predicted octanol–water partition coefficient (Wildman–Crippen LogP) is 2.65. The van der Waals surface area contributed by atoms with Gasteiger partial charge in [-0.2, -0.15) is 5.10 Å². The van der Waals surface area contributed by atoms with E-state index in [4.69, 9.17) is 4.42 Å². The maximum absolute atomic E-state index is 11.7. The van der Waals surface area contributed by atoms with Crippen molar-refractivity contribution in [1.29, 1.82) is 0 Å². The Bertz CT molecular complexity index is 719. The van der Waals surface area contributed by atoms with E-state index in [1.54, 1.807) is 38.1 Å². The summed E-state index contributed by atoms with van der Waals surface area (Å²) in [5.41, 5.74) is 3.32. The van der Waals surface area contributed by atoms with E-state index in [9.17, 15) is 14.9 Å². The van der Waals surface area contributed by atoms with Crippen molar-refractivity contribution < 1.29 is 14.1 Å². The second-order valence-corrected chi connectivity index (χ2v) is 4.36. The van der Waals surface area contributed by atoms with Crippen molar-refractivity contribution in [2.45, 2.75) is 13.8 Å². The SMILES string of the molecule is C/C(=N/NC(=O)c1ccc(C)o1)c1cccc([N+](=O)[O-])c1. The molecular formula is C14H13N3O4. The van der Waals surface area contributed by atoms with Gasteiger partial charge in [-0.25, -0.2) is 5.43 Å². The van der Waals surface area contributed by atoms with Crippen LogP contribution in [0.5, 0.6) is 0 Å². The van der Waals surface area contributed by atoms with Gasteiger partial charge >= 0.3 is 5.91 Å². The minimum absolute atomic E-state index is 0.0324. The lowest BCUT2D eigenvalue weighted by Gasteiger charge is -2.01. The Balaban J connectivity index is 2.12. The Labute approximate surface area is 120 Å². The van der Waals surface area contributed by atoms with E-state index in [1.165, 1.54) is 12.1 Å². The summed E-state index contributed by atoms with van der Waals surface area (Å²) in [5.74, 6) is 0.301. The van der Waals surface area contributed by atoms with E-state index >= 15 is 0 Å². The molecule has 7 nitrogen and oxygen atoms in total.